The van der Waals surface area contributed by atoms with Gasteiger partial charge in [-0.15, -0.1) is 0 Å². The smallest absolute Gasteiger partial charge is 0.343 e. The highest BCUT2D eigenvalue weighted by Gasteiger charge is 2.30. The summed E-state index contributed by atoms with van der Waals surface area (Å²) in [4.78, 5) is 25.1. The Morgan fingerprint density at radius 3 is 2.48 bits per heavy atom. The van der Waals surface area contributed by atoms with E-state index in [-0.39, 0.29) is 22.9 Å². The van der Waals surface area contributed by atoms with E-state index in [4.69, 9.17) is 9.47 Å². The van der Waals surface area contributed by atoms with Crippen molar-refractivity contribution in [2.45, 2.75) is 26.7 Å². The second kappa shape index (κ2) is 8.19. The predicted molar refractivity (Wildman–Crippen MR) is 116 cm³/mol. The summed E-state index contributed by atoms with van der Waals surface area (Å²) in [5.41, 5.74) is 3.10. The van der Waals surface area contributed by atoms with Gasteiger partial charge >= 0.3 is 5.97 Å². The molecule has 0 N–H and O–H groups in total. The molecule has 0 saturated heterocycles. The first kappa shape index (κ1) is 20.5. The first-order valence-electron chi connectivity index (χ1n) is 9.99. The lowest BCUT2D eigenvalue weighted by Gasteiger charge is -2.10. The molecular formula is C26H21FO4. The van der Waals surface area contributed by atoms with E-state index in [1.807, 2.05) is 24.3 Å². The van der Waals surface area contributed by atoms with Crippen LogP contribution in [0.2, 0.25) is 0 Å². The maximum Gasteiger partial charge on any atom is 0.343 e. The van der Waals surface area contributed by atoms with Crippen molar-refractivity contribution < 1.29 is 23.5 Å². The van der Waals surface area contributed by atoms with Crippen molar-refractivity contribution in [2.24, 2.45) is 0 Å². The van der Waals surface area contributed by atoms with E-state index in [9.17, 15) is 14.0 Å². The van der Waals surface area contributed by atoms with Gasteiger partial charge in [-0.3, -0.25) is 4.79 Å². The lowest BCUT2D eigenvalue weighted by molar-refractivity contribution is 0.0732. The molecule has 4 rings (SSSR count). The molecule has 4 nitrogen and oxygen atoms in total. The molecule has 0 saturated carbocycles. The number of ketones is 1. The van der Waals surface area contributed by atoms with Gasteiger partial charge in [0.2, 0.25) is 5.78 Å². The normalized spacial score (nSPS) is 14.0. The molecule has 0 unspecified atom stereocenters. The van der Waals surface area contributed by atoms with Crippen molar-refractivity contribution in [1.82, 2.24) is 0 Å². The summed E-state index contributed by atoms with van der Waals surface area (Å²) >= 11 is 0. The summed E-state index contributed by atoms with van der Waals surface area (Å²) in [6.07, 6.45) is 1.70. The number of hydrogen-bond acceptors (Lipinski definition) is 4. The third-order valence-electron chi connectivity index (χ3n) is 5.20. The number of rotatable bonds is 4. The summed E-state index contributed by atoms with van der Waals surface area (Å²) in [7, 11) is 0. The van der Waals surface area contributed by atoms with E-state index in [0.717, 1.165) is 11.6 Å². The second-order valence-electron chi connectivity index (χ2n) is 7.73. The lowest BCUT2D eigenvalue weighted by Crippen LogP contribution is -2.09. The van der Waals surface area contributed by atoms with Crippen molar-refractivity contribution in [3.8, 4) is 11.5 Å². The molecule has 1 heterocycles. The highest BCUT2D eigenvalue weighted by Crippen LogP contribution is 2.39. The number of ether oxygens (including phenoxy) is 2. The molecular weight excluding hydrogens is 395 g/mol. The molecule has 0 spiro atoms. The molecule has 1 aliphatic rings. The number of Topliss-reactive ketones (excluding diaryl/α,β-unsaturated/α-hetero) is 1. The molecule has 1 aliphatic heterocycles. The van der Waals surface area contributed by atoms with Gasteiger partial charge in [0.15, 0.2) is 5.76 Å². The highest BCUT2D eigenvalue weighted by atomic mass is 19.1. The van der Waals surface area contributed by atoms with Crippen LogP contribution in [0.25, 0.3) is 6.08 Å². The number of hydrogen-bond donors (Lipinski definition) is 0. The minimum absolute atomic E-state index is 0.0994. The number of carbonyl (C=O) groups is 2. The Morgan fingerprint density at radius 1 is 1.06 bits per heavy atom. The van der Waals surface area contributed by atoms with E-state index in [0.29, 0.717) is 22.8 Å². The van der Waals surface area contributed by atoms with Crippen LogP contribution in [-0.2, 0) is 0 Å². The van der Waals surface area contributed by atoms with E-state index in [2.05, 4.69) is 13.8 Å². The second-order valence-corrected chi connectivity index (χ2v) is 7.73. The average Bonchev–Trinajstić information content (AvgIpc) is 3.06. The summed E-state index contributed by atoms with van der Waals surface area (Å²) < 4.78 is 24.6. The largest absolute Gasteiger partial charge is 0.452 e. The monoisotopic (exact) mass is 416 g/mol. The van der Waals surface area contributed by atoms with Crippen LogP contribution in [0.5, 0.6) is 11.5 Å². The van der Waals surface area contributed by atoms with Gasteiger partial charge < -0.3 is 9.47 Å². The van der Waals surface area contributed by atoms with Crippen LogP contribution in [0.1, 0.15) is 57.2 Å². The summed E-state index contributed by atoms with van der Waals surface area (Å²) in [6, 6.07) is 16.3. The molecule has 3 aromatic rings. The molecule has 156 valence electrons. The van der Waals surface area contributed by atoms with Crippen molar-refractivity contribution in [1.29, 1.82) is 0 Å². The topological polar surface area (TPSA) is 52.6 Å². The fraction of sp³-hybridized carbons (Fsp3) is 0.154. The van der Waals surface area contributed by atoms with Crippen molar-refractivity contribution in [3.05, 3.63) is 100 Å². The number of esters is 1. The van der Waals surface area contributed by atoms with Gasteiger partial charge in [0.1, 0.15) is 17.3 Å². The zero-order chi connectivity index (χ0) is 22.1. The van der Waals surface area contributed by atoms with E-state index in [1.165, 1.54) is 23.8 Å². The molecule has 3 aromatic carbocycles. The average molecular weight is 416 g/mol. The van der Waals surface area contributed by atoms with Crippen molar-refractivity contribution >= 4 is 17.8 Å². The number of benzene rings is 3. The maximum atomic E-state index is 13.4. The zero-order valence-corrected chi connectivity index (χ0v) is 17.4. The molecule has 0 fully saturated rings. The summed E-state index contributed by atoms with van der Waals surface area (Å²) in [5.74, 6) is -0.189. The Balaban J connectivity index is 1.58. The molecule has 0 radical (unpaired) electrons. The molecule has 0 bridgehead atoms. The fourth-order valence-electron chi connectivity index (χ4n) is 3.38. The Bertz CT molecular complexity index is 1210. The Labute approximate surface area is 179 Å². The first-order chi connectivity index (χ1) is 14.8. The lowest BCUT2D eigenvalue weighted by atomic mass is 10.0. The van der Waals surface area contributed by atoms with Gasteiger partial charge in [-0.2, -0.15) is 0 Å². The van der Waals surface area contributed by atoms with E-state index >= 15 is 0 Å². The minimum atomic E-state index is -0.687. The van der Waals surface area contributed by atoms with Crippen LogP contribution in [0.15, 0.2) is 66.4 Å². The molecule has 0 aromatic heterocycles. The highest BCUT2D eigenvalue weighted by molar-refractivity contribution is 6.15. The minimum Gasteiger partial charge on any atom is -0.452 e. The summed E-state index contributed by atoms with van der Waals surface area (Å²) in [5, 5.41) is 0. The van der Waals surface area contributed by atoms with Crippen LogP contribution in [-0.4, -0.2) is 11.8 Å². The molecule has 0 amide bonds. The number of halogens is 1. The standard InChI is InChI=1S/C26H21FO4/c1-15(2)18-9-7-17(8-10-18)13-23-24(28)21-11-12-22(16(3)25(21)30-23)31-26(29)19-5-4-6-20(27)14-19/h4-15H,1-3H3/b23-13-. The van der Waals surface area contributed by atoms with Crippen molar-refractivity contribution in [2.75, 3.05) is 0 Å². The quantitative estimate of drug-likeness (QED) is 0.293. The van der Waals surface area contributed by atoms with Gasteiger partial charge in [-0.1, -0.05) is 44.2 Å². The SMILES string of the molecule is Cc1c(OC(=O)c2cccc(F)c2)ccc2c1O/C(=C\c1ccc(C(C)C)cc1)C2=O. The molecule has 5 heteroatoms. The molecule has 0 atom stereocenters. The third kappa shape index (κ3) is 4.12. The van der Waals surface area contributed by atoms with Gasteiger partial charge in [-0.05, 0) is 60.4 Å². The van der Waals surface area contributed by atoms with Crippen LogP contribution in [0.4, 0.5) is 4.39 Å². The van der Waals surface area contributed by atoms with Gasteiger partial charge in [-0.25, -0.2) is 9.18 Å². The number of allylic oxidation sites excluding steroid dienone is 1. The molecule has 0 aliphatic carbocycles. The zero-order valence-electron chi connectivity index (χ0n) is 17.4. The third-order valence-corrected chi connectivity index (χ3v) is 5.20. The summed E-state index contributed by atoms with van der Waals surface area (Å²) in [6.45, 7) is 5.95. The number of fused-ring (bicyclic) bond motifs is 1. The van der Waals surface area contributed by atoms with Crippen molar-refractivity contribution in [3.63, 3.8) is 0 Å². The fourth-order valence-corrected chi connectivity index (χ4v) is 3.38. The first-order valence-corrected chi connectivity index (χ1v) is 9.99. The van der Waals surface area contributed by atoms with Gasteiger partial charge in [0.25, 0.3) is 0 Å². The van der Waals surface area contributed by atoms with Gasteiger partial charge in [0, 0.05) is 5.56 Å². The van der Waals surface area contributed by atoms with Crippen LogP contribution in [0, 0.1) is 12.7 Å². The Kier molecular flexibility index (Phi) is 5.42. The predicted octanol–water partition coefficient (Wildman–Crippen LogP) is 6.09. The van der Waals surface area contributed by atoms with E-state index in [1.54, 1.807) is 25.1 Å². The van der Waals surface area contributed by atoms with Gasteiger partial charge in [0.05, 0.1) is 11.1 Å². The van der Waals surface area contributed by atoms with Crippen LogP contribution < -0.4 is 9.47 Å². The molecule has 31 heavy (non-hydrogen) atoms. The van der Waals surface area contributed by atoms with Crippen LogP contribution >= 0.6 is 0 Å². The van der Waals surface area contributed by atoms with Crippen LogP contribution in [0.3, 0.4) is 0 Å². The Morgan fingerprint density at radius 2 is 1.81 bits per heavy atom. The Hall–Kier alpha value is -3.73. The van der Waals surface area contributed by atoms with E-state index < -0.39 is 11.8 Å². The maximum absolute atomic E-state index is 13.4. The number of carbonyl (C=O) groups excluding carboxylic acids is 2.